The first-order valence-corrected chi connectivity index (χ1v) is 8.05. The van der Waals surface area contributed by atoms with Crippen molar-refractivity contribution in [3.8, 4) is 11.5 Å². The van der Waals surface area contributed by atoms with Gasteiger partial charge < -0.3 is 14.6 Å². The van der Waals surface area contributed by atoms with Gasteiger partial charge in [-0.1, -0.05) is 25.1 Å². The Balaban J connectivity index is 1.88. The topological polar surface area (TPSA) is 41.3 Å². The molecule has 0 saturated heterocycles. The van der Waals surface area contributed by atoms with Crippen LogP contribution in [0.5, 0.6) is 0 Å². The molecule has 3 aromatic rings. The van der Waals surface area contributed by atoms with Gasteiger partial charge in [-0.15, -0.1) is 0 Å². The van der Waals surface area contributed by atoms with E-state index in [2.05, 4.69) is 55.5 Å². The van der Waals surface area contributed by atoms with E-state index in [0.717, 1.165) is 41.9 Å². The van der Waals surface area contributed by atoms with Crippen LogP contribution in [-0.4, -0.2) is 37.1 Å². The van der Waals surface area contributed by atoms with Crippen molar-refractivity contribution in [2.24, 2.45) is 0 Å². The van der Waals surface area contributed by atoms with Crippen LogP contribution in [0.4, 0.5) is 5.69 Å². The number of anilines is 1. The molecule has 0 spiro atoms. The van der Waals surface area contributed by atoms with E-state index in [1.807, 2.05) is 18.2 Å². The Morgan fingerprint density at radius 2 is 1.87 bits per heavy atom. The van der Waals surface area contributed by atoms with Gasteiger partial charge in [0, 0.05) is 18.7 Å². The van der Waals surface area contributed by atoms with Crippen molar-refractivity contribution in [3.05, 3.63) is 48.0 Å². The lowest BCUT2D eigenvalue weighted by Crippen LogP contribution is -2.20. The zero-order chi connectivity index (χ0) is 16.2. The van der Waals surface area contributed by atoms with Crippen LogP contribution in [0, 0.1) is 0 Å². The van der Waals surface area contributed by atoms with Crippen LogP contribution in [0.3, 0.4) is 0 Å². The van der Waals surface area contributed by atoms with Crippen molar-refractivity contribution in [3.63, 3.8) is 0 Å². The largest absolute Gasteiger partial charge is 0.436 e. The Morgan fingerprint density at radius 3 is 2.57 bits per heavy atom. The number of aromatic nitrogens is 1. The van der Waals surface area contributed by atoms with Gasteiger partial charge in [-0.05, 0) is 50.3 Å². The number of likely N-dealkylation sites (N-methyl/N-ethyl adjacent to an activating group) is 1. The molecule has 23 heavy (non-hydrogen) atoms. The minimum Gasteiger partial charge on any atom is -0.436 e. The minimum absolute atomic E-state index is 0.671. The van der Waals surface area contributed by atoms with Gasteiger partial charge in [0.15, 0.2) is 5.58 Å². The second-order valence-corrected chi connectivity index (χ2v) is 5.95. The van der Waals surface area contributed by atoms with Crippen LogP contribution >= 0.6 is 0 Å². The quantitative estimate of drug-likeness (QED) is 0.746. The zero-order valence-electron chi connectivity index (χ0n) is 14.0. The summed E-state index contributed by atoms with van der Waals surface area (Å²) in [6, 6.07) is 14.4. The maximum absolute atomic E-state index is 5.93. The van der Waals surface area contributed by atoms with Crippen molar-refractivity contribution in [2.45, 2.75) is 13.3 Å². The third-order valence-electron chi connectivity index (χ3n) is 3.90. The van der Waals surface area contributed by atoms with Gasteiger partial charge >= 0.3 is 0 Å². The number of aryl methyl sites for hydroxylation is 1. The molecule has 0 unspecified atom stereocenters. The van der Waals surface area contributed by atoms with Crippen LogP contribution in [0.1, 0.15) is 12.5 Å². The van der Waals surface area contributed by atoms with E-state index in [4.69, 9.17) is 9.40 Å². The molecule has 4 heteroatoms. The molecule has 0 saturated carbocycles. The average Bonchev–Trinajstić information content (AvgIpc) is 2.99. The first kappa shape index (κ1) is 15.6. The number of oxazole rings is 1. The Hall–Kier alpha value is -2.33. The molecule has 0 bridgehead atoms. The molecule has 0 aliphatic rings. The van der Waals surface area contributed by atoms with Gasteiger partial charge in [0.05, 0.1) is 5.69 Å². The standard InChI is InChI=1S/C19H23N3O/c1-4-14-8-10-15(11-9-14)19-21-18-16(20-12-13-22(2)3)6-5-7-17(18)23-19/h5-11,20H,4,12-13H2,1-3H3. The summed E-state index contributed by atoms with van der Waals surface area (Å²) in [4.78, 5) is 6.84. The molecule has 0 radical (unpaired) electrons. The molecular weight excluding hydrogens is 286 g/mol. The van der Waals surface area contributed by atoms with Crippen molar-refractivity contribution in [1.29, 1.82) is 0 Å². The monoisotopic (exact) mass is 309 g/mol. The van der Waals surface area contributed by atoms with E-state index in [1.54, 1.807) is 0 Å². The van der Waals surface area contributed by atoms with Gasteiger partial charge in [0.1, 0.15) is 5.52 Å². The summed E-state index contributed by atoms with van der Waals surface area (Å²) in [5.41, 5.74) is 5.05. The molecule has 4 nitrogen and oxygen atoms in total. The molecular formula is C19H23N3O. The van der Waals surface area contributed by atoms with Gasteiger partial charge in [0.25, 0.3) is 0 Å². The van der Waals surface area contributed by atoms with Crippen molar-refractivity contribution in [1.82, 2.24) is 9.88 Å². The lowest BCUT2D eigenvalue weighted by atomic mass is 10.1. The van der Waals surface area contributed by atoms with E-state index in [0.29, 0.717) is 5.89 Å². The highest BCUT2D eigenvalue weighted by atomic mass is 16.3. The molecule has 0 aliphatic heterocycles. The fraction of sp³-hybridized carbons (Fsp3) is 0.316. The first-order valence-electron chi connectivity index (χ1n) is 8.05. The molecule has 120 valence electrons. The zero-order valence-corrected chi connectivity index (χ0v) is 14.0. The smallest absolute Gasteiger partial charge is 0.227 e. The summed E-state index contributed by atoms with van der Waals surface area (Å²) in [5, 5.41) is 3.44. The van der Waals surface area contributed by atoms with E-state index >= 15 is 0 Å². The molecule has 0 aliphatic carbocycles. The fourth-order valence-corrected chi connectivity index (χ4v) is 2.51. The molecule has 1 aromatic heterocycles. The van der Waals surface area contributed by atoms with Crippen molar-refractivity contribution in [2.75, 3.05) is 32.5 Å². The summed E-state index contributed by atoms with van der Waals surface area (Å²) in [6.45, 7) is 4.00. The van der Waals surface area contributed by atoms with Gasteiger partial charge in [0.2, 0.25) is 5.89 Å². The molecule has 3 rings (SSSR count). The predicted octanol–water partition coefficient (Wildman–Crippen LogP) is 4.03. The lowest BCUT2D eigenvalue weighted by molar-refractivity contribution is 0.425. The maximum Gasteiger partial charge on any atom is 0.227 e. The molecule has 0 amide bonds. The molecule has 1 N–H and O–H groups in total. The Morgan fingerprint density at radius 1 is 1.09 bits per heavy atom. The van der Waals surface area contributed by atoms with Crippen LogP contribution in [0.15, 0.2) is 46.9 Å². The van der Waals surface area contributed by atoms with Gasteiger partial charge in [-0.2, -0.15) is 0 Å². The summed E-state index contributed by atoms with van der Waals surface area (Å²) in [5.74, 6) is 0.671. The predicted molar refractivity (Wildman–Crippen MR) is 95.9 cm³/mol. The van der Waals surface area contributed by atoms with Crippen molar-refractivity contribution < 1.29 is 4.42 Å². The van der Waals surface area contributed by atoms with E-state index in [1.165, 1.54) is 5.56 Å². The SMILES string of the molecule is CCc1ccc(-c2nc3c(NCCN(C)C)cccc3o2)cc1. The van der Waals surface area contributed by atoms with Crippen LogP contribution in [-0.2, 0) is 6.42 Å². The number of fused-ring (bicyclic) bond motifs is 1. The number of nitrogens with one attached hydrogen (secondary N) is 1. The Bertz CT molecular complexity index is 775. The third kappa shape index (κ3) is 3.54. The Kier molecular flexibility index (Phi) is 4.63. The molecule has 2 aromatic carbocycles. The highest BCUT2D eigenvalue weighted by Crippen LogP contribution is 2.28. The molecule has 0 atom stereocenters. The van der Waals surface area contributed by atoms with Crippen LogP contribution < -0.4 is 5.32 Å². The van der Waals surface area contributed by atoms with Gasteiger partial charge in [-0.3, -0.25) is 0 Å². The normalized spacial score (nSPS) is 11.3. The lowest BCUT2D eigenvalue weighted by Gasteiger charge is -2.11. The number of rotatable bonds is 6. The fourth-order valence-electron chi connectivity index (χ4n) is 2.51. The number of nitrogens with zero attached hydrogens (tertiary/aromatic N) is 2. The average molecular weight is 309 g/mol. The molecule has 1 heterocycles. The summed E-state index contributed by atoms with van der Waals surface area (Å²) in [7, 11) is 4.13. The third-order valence-corrected chi connectivity index (χ3v) is 3.90. The Labute approximate surface area is 137 Å². The highest BCUT2D eigenvalue weighted by molar-refractivity contribution is 5.88. The van der Waals surface area contributed by atoms with Gasteiger partial charge in [-0.25, -0.2) is 4.98 Å². The van der Waals surface area contributed by atoms with Crippen LogP contribution in [0.2, 0.25) is 0 Å². The minimum atomic E-state index is 0.671. The van der Waals surface area contributed by atoms with E-state index in [9.17, 15) is 0 Å². The second kappa shape index (κ2) is 6.84. The number of benzene rings is 2. The number of para-hydroxylation sites is 1. The van der Waals surface area contributed by atoms with Crippen LogP contribution in [0.25, 0.3) is 22.6 Å². The second-order valence-electron chi connectivity index (χ2n) is 5.95. The highest BCUT2D eigenvalue weighted by Gasteiger charge is 2.11. The number of hydrogen-bond acceptors (Lipinski definition) is 4. The number of hydrogen-bond donors (Lipinski definition) is 1. The van der Waals surface area contributed by atoms with Crippen molar-refractivity contribution >= 4 is 16.8 Å². The maximum atomic E-state index is 5.93. The summed E-state index contributed by atoms with van der Waals surface area (Å²) < 4.78 is 5.93. The van der Waals surface area contributed by atoms with E-state index < -0.39 is 0 Å². The summed E-state index contributed by atoms with van der Waals surface area (Å²) in [6.07, 6.45) is 1.04. The van der Waals surface area contributed by atoms with E-state index in [-0.39, 0.29) is 0 Å². The molecule has 0 fully saturated rings. The first-order chi connectivity index (χ1) is 11.2. The summed E-state index contributed by atoms with van der Waals surface area (Å²) >= 11 is 0.